The van der Waals surface area contributed by atoms with Crippen molar-refractivity contribution in [2.75, 3.05) is 31.6 Å². The van der Waals surface area contributed by atoms with Gasteiger partial charge in [-0.2, -0.15) is 0 Å². The van der Waals surface area contributed by atoms with Crippen molar-refractivity contribution in [2.24, 2.45) is 4.99 Å². The number of hydrogen-bond donors (Lipinski definition) is 0. The summed E-state index contributed by atoms with van der Waals surface area (Å²) in [7, 11) is 2.23. The highest BCUT2D eigenvalue weighted by atomic mass is 15.2. The predicted molar refractivity (Wildman–Crippen MR) is 76.4 cm³/mol. The third kappa shape index (κ3) is 2.03. The van der Waals surface area contributed by atoms with Crippen LogP contribution >= 0.6 is 0 Å². The average Bonchev–Trinajstić information content (AvgIpc) is 2.98. The van der Waals surface area contributed by atoms with E-state index >= 15 is 0 Å². The second kappa shape index (κ2) is 4.73. The van der Waals surface area contributed by atoms with Crippen molar-refractivity contribution in [1.29, 1.82) is 0 Å². The fourth-order valence-electron chi connectivity index (χ4n) is 3.11. The van der Waals surface area contributed by atoms with Crippen LogP contribution in [0.1, 0.15) is 31.4 Å². The highest BCUT2D eigenvalue weighted by molar-refractivity contribution is 5.97. The predicted octanol–water partition coefficient (Wildman–Crippen LogP) is 2.69. The maximum Gasteiger partial charge on any atom is 0.100 e. The number of rotatable bonds is 2. The lowest BCUT2D eigenvalue weighted by atomic mass is 10.0. The van der Waals surface area contributed by atoms with Crippen molar-refractivity contribution < 1.29 is 0 Å². The molecule has 2 aliphatic rings. The Hall–Kier alpha value is -1.35. The minimum atomic E-state index is 0.602. The van der Waals surface area contributed by atoms with Gasteiger partial charge in [-0.1, -0.05) is 12.1 Å². The lowest BCUT2D eigenvalue weighted by Gasteiger charge is -2.23. The molecule has 0 saturated carbocycles. The summed E-state index contributed by atoms with van der Waals surface area (Å²) in [5.41, 5.74) is 2.75. The number of hydrogen-bond acceptors (Lipinski definition) is 3. The molecule has 3 nitrogen and oxygen atoms in total. The van der Waals surface area contributed by atoms with E-state index in [-0.39, 0.29) is 0 Å². The van der Waals surface area contributed by atoms with Crippen molar-refractivity contribution in [3.8, 4) is 0 Å². The van der Waals surface area contributed by atoms with Crippen molar-refractivity contribution >= 4 is 11.5 Å². The van der Waals surface area contributed by atoms with E-state index in [1.54, 1.807) is 0 Å². The summed E-state index contributed by atoms with van der Waals surface area (Å²) in [6.45, 7) is 5.27. The maximum absolute atomic E-state index is 4.47. The summed E-state index contributed by atoms with van der Waals surface area (Å²) >= 11 is 0. The molecule has 1 fully saturated rings. The Balaban J connectivity index is 1.87. The quantitative estimate of drug-likeness (QED) is 0.795. The molecule has 18 heavy (non-hydrogen) atoms. The standard InChI is InChI=1S/C15H21N3/c1-12-16-8-10-18(12)14-6-3-5-13(11-14)15-7-4-9-17(15)2/h3,5-6,11,15H,4,7-10H2,1-2H3. The number of amidine groups is 1. The lowest BCUT2D eigenvalue weighted by Crippen LogP contribution is -2.25. The Labute approximate surface area is 109 Å². The first kappa shape index (κ1) is 11.7. The summed E-state index contributed by atoms with van der Waals surface area (Å²) in [5, 5.41) is 0. The maximum atomic E-state index is 4.47. The molecular formula is C15H21N3. The first-order chi connectivity index (χ1) is 8.75. The molecule has 0 aliphatic carbocycles. The molecule has 0 aromatic heterocycles. The molecule has 1 unspecified atom stereocenters. The number of likely N-dealkylation sites (tertiary alicyclic amines) is 1. The van der Waals surface area contributed by atoms with Crippen LogP contribution in [0, 0.1) is 0 Å². The van der Waals surface area contributed by atoms with Gasteiger partial charge in [0.25, 0.3) is 0 Å². The SMILES string of the molecule is CC1=NCCN1c1cccc(C2CCCN2C)c1. The lowest BCUT2D eigenvalue weighted by molar-refractivity contribution is 0.317. The van der Waals surface area contributed by atoms with Crippen LogP contribution in [0.2, 0.25) is 0 Å². The molecule has 1 aromatic carbocycles. The monoisotopic (exact) mass is 243 g/mol. The molecule has 0 bridgehead atoms. The Morgan fingerprint density at radius 2 is 2.17 bits per heavy atom. The van der Waals surface area contributed by atoms with Gasteiger partial charge in [-0.25, -0.2) is 0 Å². The van der Waals surface area contributed by atoms with E-state index in [0.717, 1.165) is 18.9 Å². The van der Waals surface area contributed by atoms with E-state index in [1.165, 1.54) is 30.6 Å². The largest absolute Gasteiger partial charge is 0.329 e. The molecule has 0 spiro atoms. The number of benzene rings is 1. The van der Waals surface area contributed by atoms with Crippen molar-refractivity contribution in [1.82, 2.24) is 4.90 Å². The Morgan fingerprint density at radius 3 is 2.83 bits per heavy atom. The van der Waals surface area contributed by atoms with E-state index in [1.807, 2.05) is 0 Å². The van der Waals surface area contributed by atoms with Gasteiger partial charge in [-0.3, -0.25) is 9.89 Å². The highest BCUT2D eigenvalue weighted by Gasteiger charge is 2.23. The van der Waals surface area contributed by atoms with Gasteiger partial charge in [0, 0.05) is 18.3 Å². The summed E-state index contributed by atoms with van der Waals surface area (Å²) in [6.07, 6.45) is 2.60. The zero-order valence-electron chi connectivity index (χ0n) is 11.3. The topological polar surface area (TPSA) is 18.8 Å². The molecule has 1 aromatic rings. The van der Waals surface area contributed by atoms with Gasteiger partial charge in [0.2, 0.25) is 0 Å². The number of anilines is 1. The minimum Gasteiger partial charge on any atom is -0.329 e. The first-order valence-corrected chi connectivity index (χ1v) is 6.84. The van der Waals surface area contributed by atoms with Crippen LogP contribution < -0.4 is 4.90 Å². The van der Waals surface area contributed by atoms with Crippen molar-refractivity contribution in [2.45, 2.75) is 25.8 Å². The molecule has 0 radical (unpaired) electrons. The fourth-order valence-corrected chi connectivity index (χ4v) is 3.11. The molecule has 2 heterocycles. The Morgan fingerprint density at radius 1 is 1.28 bits per heavy atom. The molecule has 1 saturated heterocycles. The third-order valence-electron chi connectivity index (χ3n) is 4.14. The van der Waals surface area contributed by atoms with Crippen molar-refractivity contribution in [3.63, 3.8) is 0 Å². The van der Waals surface area contributed by atoms with Crippen LogP contribution in [0.15, 0.2) is 29.3 Å². The summed E-state index contributed by atoms with van der Waals surface area (Å²) in [6, 6.07) is 9.59. The van der Waals surface area contributed by atoms with Gasteiger partial charge in [0.05, 0.1) is 6.54 Å². The first-order valence-electron chi connectivity index (χ1n) is 6.84. The van der Waals surface area contributed by atoms with E-state index in [2.05, 4.69) is 53.0 Å². The zero-order chi connectivity index (χ0) is 12.5. The Kier molecular flexibility index (Phi) is 3.08. The number of nitrogens with zero attached hydrogens (tertiary/aromatic N) is 3. The van der Waals surface area contributed by atoms with Crippen LogP contribution in [0.4, 0.5) is 5.69 Å². The van der Waals surface area contributed by atoms with Crippen molar-refractivity contribution in [3.05, 3.63) is 29.8 Å². The van der Waals surface area contributed by atoms with Gasteiger partial charge >= 0.3 is 0 Å². The molecule has 1 atom stereocenters. The average molecular weight is 243 g/mol. The molecule has 2 aliphatic heterocycles. The molecule has 3 heteroatoms. The Bertz CT molecular complexity index is 467. The van der Waals surface area contributed by atoms with E-state index in [9.17, 15) is 0 Å². The van der Waals surface area contributed by atoms with Crippen LogP contribution in [0.3, 0.4) is 0 Å². The smallest absolute Gasteiger partial charge is 0.100 e. The summed E-state index contributed by atoms with van der Waals surface area (Å²) in [4.78, 5) is 9.25. The van der Waals surface area contributed by atoms with Crippen LogP contribution in [0.5, 0.6) is 0 Å². The van der Waals surface area contributed by atoms with E-state index < -0.39 is 0 Å². The fraction of sp³-hybridized carbons (Fsp3) is 0.533. The molecule has 0 amide bonds. The normalized spacial score (nSPS) is 24.7. The van der Waals surface area contributed by atoms with Gasteiger partial charge in [0.1, 0.15) is 5.84 Å². The second-order valence-corrected chi connectivity index (χ2v) is 5.31. The van der Waals surface area contributed by atoms with Gasteiger partial charge in [-0.05, 0) is 51.1 Å². The van der Waals surface area contributed by atoms with Crippen LogP contribution in [-0.2, 0) is 0 Å². The van der Waals surface area contributed by atoms with Crippen LogP contribution in [0.25, 0.3) is 0 Å². The highest BCUT2D eigenvalue weighted by Crippen LogP contribution is 2.32. The van der Waals surface area contributed by atoms with E-state index in [4.69, 9.17) is 0 Å². The minimum absolute atomic E-state index is 0.602. The van der Waals surface area contributed by atoms with Gasteiger partial charge < -0.3 is 4.90 Å². The molecular weight excluding hydrogens is 222 g/mol. The van der Waals surface area contributed by atoms with E-state index in [0.29, 0.717) is 6.04 Å². The second-order valence-electron chi connectivity index (χ2n) is 5.31. The summed E-state index contributed by atoms with van der Waals surface area (Å²) in [5.74, 6) is 1.15. The van der Waals surface area contributed by atoms with Crippen LogP contribution in [-0.4, -0.2) is 37.4 Å². The van der Waals surface area contributed by atoms with Gasteiger partial charge in [0.15, 0.2) is 0 Å². The zero-order valence-corrected chi connectivity index (χ0v) is 11.3. The molecule has 0 N–H and O–H groups in total. The third-order valence-corrected chi connectivity index (χ3v) is 4.14. The molecule has 96 valence electrons. The number of aliphatic imine (C=N–C) groups is 1. The molecule has 3 rings (SSSR count). The van der Waals surface area contributed by atoms with Gasteiger partial charge in [-0.15, -0.1) is 0 Å². The summed E-state index contributed by atoms with van der Waals surface area (Å²) < 4.78 is 0.